The van der Waals surface area contributed by atoms with Crippen molar-refractivity contribution in [1.29, 1.82) is 0 Å². The van der Waals surface area contributed by atoms with E-state index in [9.17, 15) is 0 Å². The van der Waals surface area contributed by atoms with Crippen LogP contribution in [0.5, 0.6) is 0 Å². The summed E-state index contributed by atoms with van der Waals surface area (Å²) >= 11 is 0. The highest BCUT2D eigenvalue weighted by Gasteiger charge is 2.28. The standard InChI is InChI=1S/C17H32N4/c1-5-7-16-13-20(17(10-18-16)8-14(3)4)11-15-9-19-21(6-2)12-15/h9,12,14,16-18H,5-8,10-11,13H2,1-4H3. The summed E-state index contributed by atoms with van der Waals surface area (Å²) in [5, 5.41) is 8.16. The normalized spacial score (nSPS) is 23.9. The van der Waals surface area contributed by atoms with E-state index < -0.39 is 0 Å². The molecule has 4 nitrogen and oxygen atoms in total. The molecule has 0 amide bonds. The molecule has 1 saturated heterocycles. The Morgan fingerprint density at radius 2 is 2.19 bits per heavy atom. The fraction of sp³-hybridized carbons (Fsp3) is 0.824. The summed E-state index contributed by atoms with van der Waals surface area (Å²) in [6.07, 6.45) is 8.04. The molecule has 0 radical (unpaired) electrons. The van der Waals surface area contributed by atoms with Crippen LogP contribution in [-0.4, -0.2) is 39.9 Å². The van der Waals surface area contributed by atoms with E-state index in [-0.39, 0.29) is 0 Å². The Labute approximate surface area is 129 Å². The van der Waals surface area contributed by atoms with Gasteiger partial charge in [-0.2, -0.15) is 5.10 Å². The van der Waals surface area contributed by atoms with Gasteiger partial charge in [0.2, 0.25) is 0 Å². The number of nitrogens with zero attached hydrogens (tertiary/aromatic N) is 3. The van der Waals surface area contributed by atoms with Crippen LogP contribution in [0.1, 0.15) is 52.5 Å². The molecule has 2 atom stereocenters. The molecule has 0 spiro atoms. The van der Waals surface area contributed by atoms with Crippen molar-refractivity contribution in [3.05, 3.63) is 18.0 Å². The summed E-state index contributed by atoms with van der Waals surface area (Å²) in [6.45, 7) is 13.4. The molecule has 2 heterocycles. The second-order valence-electron chi connectivity index (χ2n) is 6.81. The van der Waals surface area contributed by atoms with Gasteiger partial charge in [0.05, 0.1) is 6.20 Å². The highest BCUT2D eigenvalue weighted by atomic mass is 15.3. The molecule has 1 aromatic heterocycles. The summed E-state index contributed by atoms with van der Waals surface area (Å²) in [7, 11) is 0. The number of aryl methyl sites for hydroxylation is 1. The molecule has 1 aromatic rings. The Morgan fingerprint density at radius 1 is 1.38 bits per heavy atom. The van der Waals surface area contributed by atoms with Crippen LogP contribution < -0.4 is 5.32 Å². The van der Waals surface area contributed by atoms with Crippen LogP contribution in [-0.2, 0) is 13.1 Å². The molecule has 0 saturated carbocycles. The molecular weight excluding hydrogens is 260 g/mol. The second-order valence-corrected chi connectivity index (χ2v) is 6.81. The third-order valence-corrected chi connectivity index (χ3v) is 4.39. The summed E-state index contributed by atoms with van der Waals surface area (Å²) in [5.74, 6) is 0.750. The average molecular weight is 292 g/mol. The highest BCUT2D eigenvalue weighted by Crippen LogP contribution is 2.19. The SMILES string of the molecule is CCCC1CN(Cc2cnn(CC)c2)C(CC(C)C)CN1. The lowest BCUT2D eigenvalue weighted by Crippen LogP contribution is -2.56. The van der Waals surface area contributed by atoms with Gasteiger partial charge in [-0.15, -0.1) is 0 Å². The molecule has 1 N–H and O–H groups in total. The first-order valence-corrected chi connectivity index (χ1v) is 8.61. The predicted octanol–water partition coefficient (Wildman–Crippen LogP) is 2.89. The average Bonchev–Trinajstić information content (AvgIpc) is 2.89. The first kappa shape index (κ1) is 16.5. The minimum Gasteiger partial charge on any atom is -0.311 e. The van der Waals surface area contributed by atoms with Gasteiger partial charge >= 0.3 is 0 Å². The van der Waals surface area contributed by atoms with Crippen LogP contribution in [0.2, 0.25) is 0 Å². The zero-order valence-electron chi connectivity index (χ0n) is 14.2. The Bertz CT molecular complexity index is 413. The molecule has 1 aliphatic heterocycles. The van der Waals surface area contributed by atoms with Gasteiger partial charge in [-0.25, -0.2) is 0 Å². The fourth-order valence-electron chi connectivity index (χ4n) is 3.34. The Balaban J connectivity index is 2.01. The van der Waals surface area contributed by atoms with Gasteiger partial charge in [-0.3, -0.25) is 9.58 Å². The maximum atomic E-state index is 4.42. The molecule has 21 heavy (non-hydrogen) atoms. The molecule has 0 bridgehead atoms. The first-order chi connectivity index (χ1) is 10.1. The minimum atomic E-state index is 0.652. The van der Waals surface area contributed by atoms with Gasteiger partial charge in [-0.05, 0) is 25.7 Å². The lowest BCUT2D eigenvalue weighted by molar-refractivity contribution is 0.103. The molecule has 2 rings (SSSR count). The number of hydrogen-bond acceptors (Lipinski definition) is 3. The van der Waals surface area contributed by atoms with E-state index in [1.807, 2.05) is 10.9 Å². The second kappa shape index (κ2) is 7.95. The molecule has 0 aliphatic carbocycles. The quantitative estimate of drug-likeness (QED) is 0.839. The molecule has 1 aliphatic rings. The Kier molecular flexibility index (Phi) is 6.24. The third kappa shape index (κ3) is 4.82. The largest absolute Gasteiger partial charge is 0.311 e. The van der Waals surface area contributed by atoms with Crippen molar-refractivity contribution < 1.29 is 0 Å². The molecule has 4 heteroatoms. The number of hydrogen-bond donors (Lipinski definition) is 1. The van der Waals surface area contributed by atoms with Crippen LogP contribution in [0.25, 0.3) is 0 Å². The van der Waals surface area contributed by atoms with E-state index in [4.69, 9.17) is 0 Å². The topological polar surface area (TPSA) is 33.1 Å². The van der Waals surface area contributed by atoms with E-state index in [1.165, 1.54) is 31.4 Å². The van der Waals surface area contributed by atoms with Gasteiger partial charge in [-0.1, -0.05) is 27.2 Å². The number of nitrogens with one attached hydrogen (secondary N) is 1. The van der Waals surface area contributed by atoms with Crippen molar-refractivity contribution in [1.82, 2.24) is 20.0 Å². The maximum Gasteiger partial charge on any atom is 0.0534 e. The summed E-state index contributed by atoms with van der Waals surface area (Å²) in [4.78, 5) is 2.67. The summed E-state index contributed by atoms with van der Waals surface area (Å²) < 4.78 is 2.03. The Morgan fingerprint density at radius 3 is 2.81 bits per heavy atom. The Hall–Kier alpha value is -0.870. The number of aromatic nitrogens is 2. The van der Waals surface area contributed by atoms with Gasteiger partial charge in [0.1, 0.15) is 0 Å². The monoisotopic (exact) mass is 292 g/mol. The summed E-state index contributed by atoms with van der Waals surface area (Å²) in [5.41, 5.74) is 1.35. The van der Waals surface area contributed by atoms with Crippen molar-refractivity contribution in [3.63, 3.8) is 0 Å². The van der Waals surface area contributed by atoms with Crippen molar-refractivity contribution in [2.75, 3.05) is 13.1 Å². The van der Waals surface area contributed by atoms with E-state index in [0.29, 0.717) is 12.1 Å². The van der Waals surface area contributed by atoms with E-state index in [1.54, 1.807) is 0 Å². The van der Waals surface area contributed by atoms with Gasteiger partial charge < -0.3 is 5.32 Å². The molecular formula is C17H32N4. The van der Waals surface area contributed by atoms with Gasteiger partial charge in [0, 0.05) is 50.0 Å². The molecule has 120 valence electrons. The third-order valence-electron chi connectivity index (χ3n) is 4.39. The van der Waals surface area contributed by atoms with Crippen LogP contribution in [0, 0.1) is 5.92 Å². The van der Waals surface area contributed by atoms with Crippen molar-refractivity contribution in [2.24, 2.45) is 5.92 Å². The zero-order valence-corrected chi connectivity index (χ0v) is 14.2. The highest BCUT2D eigenvalue weighted by molar-refractivity contribution is 5.05. The zero-order chi connectivity index (χ0) is 15.2. The van der Waals surface area contributed by atoms with Crippen LogP contribution >= 0.6 is 0 Å². The lowest BCUT2D eigenvalue weighted by Gasteiger charge is -2.41. The minimum absolute atomic E-state index is 0.652. The lowest BCUT2D eigenvalue weighted by atomic mass is 9.97. The molecule has 2 unspecified atom stereocenters. The van der Waals surface area contributed by atoms with Crippen molar-refractivity contribution in [2.45, 2.75) is 72.1 Å². The van der Waals surface area contributed by atoms with Crippen LogP contribution in [0.4, 0.5) is 0 Å². The number of piperazine rings is 1. The fourth-order valence-corrected chi connectivity index (χ4v) is 3.34. The maximum absolute atomic E-state index is 4.42. The summed E-state index contributed by atoms with van der Waals surface area (Å²) in [6, 6.07) is 1.31. The predicted molar refractivity (Wildman–Crippen MR) is 88.3 cm³/mol. The molecule has 0 aromatic carbocycles. The van der Waals surface area contributed by atoms with Gasteiger partial charge in [0.25, 0.3) is 0 Å². The van der Waals surface area contributed by atoms with Crippen LogP contribution in [0.3, 0.4) is 0 Å². The van der Waals surface area contributed by atoms with Crippen molar-refractivity contribution in [3.8, 4) is 0 Å². The molecule has 1 fully saturated rings. The van der Waals surface area contributed by atoms with E-state index >= 15 is 0 Å². The van der Waals surface area contributed by atoms with E-state index in [0.717, 1.165) is 25.6 Å². The van der Waals surface area contributed by atoms with Crippen LogP contribution in [0.15, 0.2) is 12.4 Å². The van der Waals surface area contributed by atoms with Crippen molar-refractivity contribution >= 4 is 0 Å². The van der Waals surface area contributed by atoms with Gasteiger partial charge in [0.15, 0.2) is 0 Å². The van der Waals surface area contributed by atoms with E-state index in [2.05, 4.69) is 49.2 Å². The first-order valence-electron chi connectivity index (χ1n) is 8.61. The smallest absolute Gasteiger partial charge is 0.0534 e. The number of rotatable bonds is 7.